The highest BCUT2D eigenvalue weighted by Crippen LogP contribution is 2.54. The summed E-state index contributed by atoms with van der Waals surface area (Å²) in [6, 6.07) is 5.34. The molecule has 2 fully saturated rings. The predicted octanol–water partition coefficient (Wildman–Crippen LogP) is 3.00. The molecule has 0 unspecified atom stereocenters. The molecule has 3 rings (SSSR count). The first-order valence-corrected chi connectivity index (χ1v) is 5.76. The fourth-order valence-electron chi connectivity index (χ4n) is 3.47. The lowest BCUT2D eigenvalue weighted by Crippen LogP contribution is -2.08. The minimum Gasteiger partial charge on any atom is -0.504 e. The summed E-state index contributed by atoms with van der Waals surface area (Å²) in [5.41, 5.74) is 0.960. The highest BCUT2D eigenvalue weighted by Gasteiger charge is 2.41. The van der Waals surface area contributed by atoms with Gasteiger partial charge in [0.1, 0.15) is 0 Å². The molecular formula is C13H16O2. The number of phenols is 2. The topological polar surface area (TPSA) is 40.5 Å². The van der Waals surface area contributed by atoms with Crippen LogP contribution in [0.1, 0.15) is 37.2 Å². The van der Waals surface area contributed by atoms with Gasteiger partial charge in [-0.2, -0.15) is 0 Å². The minimum atomic E-state index is 0.0234. The van der Waals surface area contributed by atoms with E-state index in [4.69, 9.17) is 0 Å². The molecular weight excluding hydrogens is 188 g/mol. The van der Waals surface area contributed by atoms with Crippen molar-refractivity contribution in [1.29, 1.82) is 0 Å². The van der Waals surface area contributed by atoms with Crippen LogP contribution in [0.5, 0.6) is 11.5 Å². The molecule has 2 bridgehead atoms. The van der Waals surface area contributed by atoms with Crippen molar-refractivity contribution in [3.8, 4) is 11.5 Å². The van der Waals surface area contributed by atoms with Crippen LogP contribution < -0.4 is 0 Å². The van der Waals surface area contributed by atoms with E-state index in [0.717, 1.165) is 17.4 Å². The van der Waals surface area contributed by atoms with E-state index in [1.807, 2.05) is 12.1 Å². The van der Waals surface area contributed by atoms with Crippen molar-refractivity contribution in [2.75, 3.05) is 0 Å². The second-order valence-corrected chi connectivity index (χ2v) is 5.00. The van der Waals surface area contributed by atoms with Crippen LogP contribution in [0.4, 0.5) is 0 Å². The molecule has 0 spiro atoms. The van der Waals surface area contributed by atoms with E-state index in [2.05, 4.69) is 0 Å². The van der Waals surface area contributed by atoms with Crippen molar-refractivity contribution in [3.05, 3.63) is 23.8 Å². The third kappa shape index (κ3) is 1.31. The van der Waals surface area contributed by atoms with E-state index in [1.165, 1.54) is 25.7 Å². The Balaban J connectivity index is 1.96. The molecule has 2 heteroatoms. The molecule has 0 aromatic heterocycles. The van der Waals surface area contributed by atoms with Gasteiger partial charge in [0.05, 0.1) is 0 Å². The highest BCUT2D eigenvalue weighted by atomic mass is 16.3. The number of fused-ring (bicyclic) bond motifs is 2. The van der Waals surface area contributed by atoms with Gasteiger partial charge >= 0.3 is 0 Å². The largest absolute Gasteiger partial charge is 0.504 e. The molecule has 2 saturated carbocycles. The Labute approximate surface area is 89.6 Å². The molecule has 15 heavy (non-hydrogen) atoms. The molecule has 0 radical (unpaired) electrons. The zero-order chi connectivity index (χ0) is 10.4. The van der Waals surface area contributed by atoms with Crippen molar-refractivity contribution in [2.24, 2.45) is 11.8 Å². The molecule has 2 N–H and O–H groups in total. The Hall–Kier alpha value is -1.18. The Bertz CT molecular complexity index is 386. The summed E-state index contributed by atoms with van der Waals surface area (Å²) in [5, 5.41) is 19.3. The Kier molecular flexibility index (Phi) is 1.91. The smallest absolute Gasteiger partial charge is 0.160 e. The summed E-state index contributed by atoms with van der Waals surface area (Å²) in [4.78, 5) is 0. The molecule has 0 amide bonds. The summed E-state index contributed by atoms with van der Waals surface area (Å²) in [6.07, 6.45) is 5.17. The van der Waals surface area contributed by atoms with Crippen molar-refractivity contribution in [3.63, 3.8) is 0 Å². The van der Waals surface area contributed by atoms with Gasteiger partial charge in [0.15, 0.2) is 11.5 Å². The number of benzene rings is 1. The van der Waals surface area contributed by atoms with E-state index in [9.17, 15) is 10.2 Å². The lowest BCUT2D eigenvalue weighted by Gasteiger charge is -2.22. The molecule has 2 aliphatic carbocycles. The molecule has 3 atom stereocenters. The van der Waals surface area contributed by atoms with E-state index in [1.54, 1.807) is 6.07 Å². The Morgan fingerprint density at radius 1 is 1.07 bits per heavy atom. The van der Waals surface area contributed by atoms with Gasteiger partial charge in [0.2, 0.25) is 0 Å². The lowest BCUT2D eigenvalue weighted by atomic mass is 9.83. The van der Waals surface area contributed by atoms with Crippen LogP contribution in [0.15, 0.2) is 18.2 Å². The quantitative estimate of drug-likeness (QED) is 0.690. The highest BCUT2D eigenvalue weighted by molar-refractivity contribution is 5.46. The van der Waals surface area contributed by atoms with E-state index in [0.29, 0.717) is 5.92 Å². The number of phenolic OH excluding ortho intramolecular Hbond substituents is 2. The first-order chi connectivity index (χ1) is 7.25. The van der Waals surface area contributed by atoms with Crippen LogP contribution in [0.25, 0.3) is 0 Å². The van der Waals surface area contributed by atoms with Crippen LogP contribution in [-0.4, -0.2) is 10.2 Å². The average Bonchev–Trinajstić information content (AvgIpc) is 2.83. The normalized spacial score (nSPS) is 33.5. The molecule has 0 saturated heterocycles. The fraction of sp³-hybridized carbons (Fsp3) is 0.538. The minimum absolute atomic E-state index is 0.0234. The molecule has 1 aromatic carbocycles. The summed E-state index contributed by atoms with van der Waals surface area (Å²) in [5.74, 6) is 2.21. The number of rotatable bonds is 1. The van der Waals surface area contributed by atoms with Crippen LogP contribution >= 0.6 is 0 Å². The van der Waals surface area contributed by atoms with Crippen molar-refractivity contribution in [1.82, 2.24) is 0 Å². The number of hydrogen-bond acceptors (Lipinski definition) is 2. The predicted molar refractivity (Wildman–Crippen MR) is 58.0 cm³/mol. The van der Waals surface area contributed by atoms with Gasteiger partial charge in [0, 0.05) is 5.56 Å². The van der Waals surface area contributed by atoms with Crippen LogP contribution in [0.2, 0.25) is 0 Å². The van der Waals surface area contributed by atoms with Gasteiger partial charge in [-0.3, -0.25) is 0 Å². The average molecular weight is 204 g/mol. The van der Waals surface area contributed by atoms with Crippen molar-refractivity contribution < 1.29 is 10.2 Å². The van der Waals surface area contributed by atoms with Gasteiger partial charge in [0.25, 0.3) is 0 Å². The molecule has 0 heterocycles. The maximum atomic E-state index is 9.84. The van der Waals surface area contributed by atoms with Crippen LogP contribution in [-0.2, 0) is 0 Å². The third-order valence-corrected chi connectivity index (χ3v) is 4.18. The summed E-state index contributed by atoms with van der Waals surface area (Å²) < 4.78 is 0. The first-order valence-electron chi connectivity index (χ1n) is 5.76. The maximum absolute atomic E-state index is 9.84. The fourth-order valence-corrected chi connectivity index (χ4v) is 3.47. The van der Waals surface area contributed by atoms with E-state index >= 15 is 0 Å². The van der Waals surface area contributed by atoms with Gasteiger partial charge < -0.3 is 10.2 Å². The van der Waals surface area contributed by atoms with Crippen molar-refractivity contribution >= 4 is 0 Å². The molecule has 80 valence electrons. The summed E-state index contributed by atoms with van der Waals surface area (Å²) in [6.45, 7) is 0. The van der Waals surface area contributed by atoms with Crippen molar-refractivity contribution in [2.45, 2.75) is 31.6 Å². The molecule has 2 aliphatic rings. The van der Waals surface area contributed by atoms with Gasteiger partial charge in [-0.25, -0.2) is 0 Å². The second kappa shape index (κ2) is 3.16. The van der Waals surface area contributed by atoms with Gasteiger partial charge in [-0.15, -0.1) is 0 Å². The van der Waals surface area contributed by atoms with Gasteiger partial charge in [-0.05, 0) is 43.1 Å². The zero-order valence-corrected chi connectivity index (χ0v) is 8.69. The summed E-state index contributed by atoms with van der Waals surface area (Å²) in [7, 11) is 0. The van der Waals surface area contributed by atoms with Crippen LogP contribution in [0, 0.1) is 11.8 Å². The lowest BCUT2D eigenvalue weighted by molar-refractivity contribution is 0.373. The van der Waals surface area contributed by atoms with E-state index < -0.39 is 0 Å². The standard InChI is InChI=1S/C13H16O2/c14-12-3-1-2-10(13(12)15)11-7-8-4-5-9(11)6-8/h1-3,8-9,11,14-15H,4-7H2/t8-,9+,11+/m0/s1. The second-order valence-electron chi connectivity index (χ2n) is 5.00. The Morgan fingerprint density at radius 2 is 1.93 bits per heavy atom. The Morgan fingerprint density at radius 3 is 2.60 bits per heavy atom. The molecule has 1 aromatic rings. The SMILES string of the molecule is Oc1cccc([C@@H]2C[C@H]3CC[C@@H]2C3)c1O. The molecule has 0 aliphatic heterocycles. The van der Waals surface area contributed by atoms with Crippen LogP contribution in [0.3, 0.4) is 0 Å². The number of hydrogen-bond donors (Lipinski definition) is 2. The van der Waals surface area contributed by atoms with Gasteiger partial charge in [-0.1, -0.05) is 18.6 Å². The summed E-state index contributed by atoms with van der Waals surface area (Å²) >= 11 is 0. The molecule has 2 nitrogen and oxygen atoms in total. The monoisotopic (exact) mass is 204 g/mol. The maximum Gasteiger partial charge on any atom is 0.160 e. The first kappa shape index (κ1) is 9.08. The van der Waals surface area contributed by atoms with E-state index in [-0.39, 0.29) is 11.5 Å². The number of aromatic hydroxyl groups is 2. The third-order valence-electron chi connectivity index (χ3n) is 4.18. The zero-order valence-electron chi connectivity index (χ0n) is 8.69. The number of para-hydroxylation sites is 1.